The fourth-order valence-corrected chi connectivity index (χ4v) is 2.68. The van der Waals surface area contributed by atoms with Gasteiger partial charge >= 0.3 is 0 Å². The molecule has 7 nitrogen and oxygen atoms in total. The van der Waals surface area contributed by atoms with Crippen LogP contribution < -0.4 is 15.6 Å². The Balaban J connectivity index is 1.56. The molecule has 2 aromatic heterocycles. The molecule has 1 aromatic carbocycles. The predicted octanol–water partition coefficient (Wildman–Crippen LogP) is 2.43. The Morgan fingerprint density at radius 3 is 2.76 bits per heavy atom. The number of carbonyl (C=O) groups is 2. The molecule has 3 rings (SSSR count). The number of aromatic nitrogens is 2. The SMILES string of the molecule is Cc1nc(COc2cccc(C(=O)NNC(=O)c3ccc[nH]3)c2)cs1. The lowest BCUT2D eigenvalue weighted by Crippen LogP contribution is -2.41. The molecule has 0 unspecified atom stereocenters. The maximum atomic E-state index is 12.1. The Morgan fingerprint density at radius 2 is 2.04 bits per heavy atom. The van der Waals surface area contributed by atoms with Crippen LogP contribution in [0.1, 0.15) is 31.5 Å². The zero-order chi connectivity index (χ0) is 17.6. The number of nitrogens with one attached hydrogen (secondary N) is 3. The number of hydrogen-bond acceptors (Lipinski definition) is 5. The summed E-state index contributed by atoms with van der Waals surface area (Å²) in [6.45, 7) is 2.26. The third kappa shape index (κ3) is 4.45. The summed E-state index contributed by atoms with van der Waals surface area (Å²) in [5.74, 6) is -0.312. The predicted molar refractivity (Wildman–Crippen MR) is 93.4 cm³/mol. The normalized spacial score (nSPS) is 10.3. The Hall–Kier alpha value is -3.13. The Labute approximate surface area is 148 Å². The number of amides is 2. The van der Waals surface area contributed by atoms with E-state index in [9.17, 15) is 9.59 Å². The van der Waals surface area contributed by atoms with E-state index in [0.717, 1.165) is 10.7 Å². The molecule has 3 aromatic rings. The van der Waals surface area contributed by atoms with Crippen LogP contribution in [0.25, 0.3) is 0 Å². The van der Waals surface area contributed by atoms with E-state index in [0.29, 0.717) is 23.6 Å². The molecule has 0 atom stereocenters. The van der Waals surface area contributed by atoms with E-state index in [1.54, 1.807) is 53.9 Å². The van der Waals surface area contributed by atoms with Crippen LogP contribution in [0, 0.1) is 6.92 Å². The average molecular weight is 356 g/mol. The number of rotatable bonds is 5. The van der Waals surface area contributed by atoms with Crippen molar-refractivity contribution in [1.82, 2.24) is 20.8 Å². The zero-order valence-electron chi connectivity index (χ0n) is 13.4. The minimum Gasteiger partial charge on any atom is -0.487 e. The number of aryl methyl sites for hydroxylation is 1. The van der Waals surface area contributed by atoms with Crippen LogP contribution >= 0.6 is 11.3 Å². The van der Waals surface area contributed by atoms with Crippen molar-refractivity contribution in [3.63, 3.8) is 0 Å². The van der Waals surface area contributed by atoms with Gasteiger partial charge in [0.25, 0.3) is 11.8 Å². The molecule has 0 saturated heterocycles. The van der Waals surface area contributed by atoms with Gasteiger partial charge in [0.05, 0.1) is 10.7 Å². The Kier molecular flexibility index (Phi) is 5.10. The lowest BCUT2D eigenvalue weighted by atomic mass is 10.2. The topological polar surface area (TPSA) is 96.1 Å². The summed E-state index contributed by atoms with van der Waals surface area (Å²) < 4.78 is 5.65. The highest BCUT2D eigenvalue weighted by Gasteiger charge is 2.10. The molecular weight excluding hydrogens is 340 g/mol. The molecule has 0 fully saturated rings. The van der Waals surface area contributed by atoms with Gasteiger partial charge in [0.15, 0.2) is 0 Å². The van der Waals surface area contributed by atoms with Crippen LogP contribution in [-0.2, 0) is 6.61 Å². The van der Waals surface area contributed by atoms with Gasteiger partial charge in [0.1, 0.15) is 18.1 Å². The molecule has 0 saturated carbocycles. The highest BCUT2D eigenvalue weighted by atomic mass is 32.1. The summed E-state index contributed by atoms with van der Waals surface area (Å²) in [5.41, 5.74) is 6.29. The number of benzene rings is 1. The number of nitrogens with zero attached hydrogens (tertiary/aromatic N) is 1. The van der Waals surface area contributed by atoms with Gasteiger partial charge < -0.3 is 9.72 Å². The first-order valence-electron chi connectivity index (χ1n) is 7.50. The van der Waals surface area contributed by atoms with Crippen molar-refractivity contribution in [2.75, 3.05) is 0 Å². The second-order valence-electron chi connectivity index (χ2n) is 5.17. The molecule has 0 aliphatic carbocycles. The smallest absolute Gasteiger partial charge is 0.286 e. The van der Waals surface area contributed by atoms with Crippen molar-refractivity contribution in [3.05, 3.63) is 69.9 Å². The molecule has 8 heteroatoms. The summed E-state index contributed by atoms with van der Waals surface area (Å²) in [6, 6.07) is 10.0. The average Bonchev–Trinajstić information content (AvgIpc) is 3.29. The largest absolute Gasteiger partial charge is 0.487 e. The van der Waals surface area contributed by atoms with Gasteiger partial charge in [-0.25, -0.2) is 4.98 Å². The van der Waals surface area contributed by atoms with E-state index in [-0.39, 0.29) is 0 Å². The van der Waals surface area contributed by atoms with Crippen LogP contribution in [0.2, 0.25) is 0 Å². The van der Waals surface area contributed by atoms with E-state index in [1.165, 1.54) is 0 Å². The van der Waals surface area contributed by atoms with E-state index >= 15 is 0 Å². The molecule has 128 valence electrons. The fourth-order valence-electron chi connectivity index (χ4n) is 2.08. The van der Waals surface area contributed by atoms with Crippen LogP contribution in [-0.4, -0.2) is 21.8 Å². The maximum Gasteiger partial charge on any atom is 0.286 e. The van der Waals surface area contributed by atoms with E-state index in [2.05, 4.69) is 20.8 Å². The maximum absolute atomic E-state index is 12.1. The molecule has 2 heterocycles. The number of thiazole rings is 1. The first-order valence-corrected chi connectivity index (χ1v) is 8.38. The number of hydrazine groups is 1. The second-order valence-corrected chi connectivity index (χ2v) is 6.23. The van der Waals surface area contributed by atoms with E-state index < -0.39 is 11.8 Å². The van der Waals surface area contributed by atoms with Crippen LogP contribution in [0.4, 0.5) is 0 Å². The molecule has 0 bridgehead atoms. The minimum absolute atomic E-state index is 0.332. The molecular formula is C17H16N4O3S. The van der Waals surface area contributed by atoms with Crippen molar-refractivity contribution in [2.45, 2.75) is 13.5 Å². The third-order valence-corrected chi connectivity index (χ3v) is 4.10. The summed E-state index contributed by atoms with van der Waals surface area (Å²) in [6.07, 6.45) is 1.63. The van der Waals surface area contributed by atoms with Crippen LogP contribution in [0.5, 0.6) is 5.75 Å². The highest BCUT2D eigenvalue weighted by Crippen LogP contribution is 2.16. The van der Waals surface area contributed by atoms with Crippen molar-refractivity contribution < 1.29 is 14.3 Å². The van der Waals surface area contributed by atoms with Crippen molar-refractivity contribution in [3.8, 4) is 5.75 Å². The second kappa shape index (κ2) is 7.63. The number of hydrogen-bond donors (Lipinski definition) is 3. The van der Waals surface area contributed by atoms with Crippen molar-refractivity contribution >= 4 is 23.2 Å². The van der Waals surface area contributed by atoms with Crippen LogP contribution in [0.3, 0.4) is 0 Å². The molecule has 0 aliphatic rings. The first kappa shape index (κ1) is 16.7. The third-order valence-electron chi connectivity index (χ3n) is 3.28. The number of ether oxygens (including phenoxy) is 1. The number of aromatic amines is 1. The summed E-state index contributed by atoms with van der Waals surface area (Å²) in [4.78, 5) is 31.0. The quantitative estimate of drug-likeness (QED) is 0.612. The van der Waals surface area contributed by atoms with Gasteiger partial charge in [0.2, 0.25) is 0 Å². The fraction of sp³-hybridized carbons (Fsp3) is 0.118. The molecule has 25 heavy (non-hydrogen) atoms. The molecule has 3 N–H and O–H groups in total. The standard InChI is InChI=1S/C17H16N4O3S/c1-11-19-13(10-25-11)9-24-14-5-2-4-12(8-14)16(22)20-21-17(23)15-6-3-7-18-15/h2-8,10,18H,9H2,1H3,(H,20,22)(H,21,23). The lowest BCUT2D eigenvalue weighted by Gasteiger charge is -2.08. The highest BCUT2D eigenvalue weighted by molar-refractivity contribution is 7.09. The summed E-state index contributed by atoms with van der Waals surface area (Å²) in [7, 11) is 0. The summed E-state index contributed by atoms with van der Waals surface area (Å²) >= 11 is 1.56. The number of carbonyl (C=O) groups excluding carboxylic acids is 2. The van der Waals surface area contributed by atoms with Crippen molar-refractivity contribution in [1.29, 1.82) is 0 Å². The van der Waals surface area contributed by atoms with Gasteiger partial charge in [-0.3, -0.25) is 20.4 Å². The lowest BCUT2D eigenvalue weighted by molar-refractivity contribution is 0.0844. The van der Waals surface area contributed by atoms with E-state index in [4.69, 9.17) is 4.74 Å². The van der Waals surface area contributed by atoms with Gasteiger partial charge in [-0.1, -0.05) is 6.07 Å². The summed E-state index contributed by atoms with van der Waals surface area (Å²) in [5, 5.41) is 2.91. The zero-order valence-corrected chi connectivity index (χ0v) is 14.2. The number of H-pyrrole nitrogens is 1. The van der Waals surface area contributed by atoms with Gasteiger partial charge in [-0.15, -0.1) is 11.3 Å². The Morgan fingerprint density at radius 1 is 1.20 bits per heavy atom. The molecule has 0 aliphatic heterocycles. The molecule has 0 spiro atoms. The monoisotopic (exact) mass is 356 g/mol. The van der Waals surface area contributed by atoms with Gasteiger partial charge in [0, 0.05) is 17.1 Å². The van der Waals surface area contributed by atoms with Crippen LogP contribution in [0.15, 0.2) is 48.0 Å². The van der Waals surface area contributed by atoms with Crippen molar-refractivity contribution in [2.24, 2.45) is 0 Å². The van der Waals surface area contributed by atoms with Gasteiger partial charge in [-0.2, -0.15) is 0 Å². The van der Waals surface area contributed by atoms with E-state index in [1.807, 2.05) is 12.3 Å². The molecule has 2 amide bonds. The molecule has 0 radical (unpaired) electrons. The first-order chi connectivity index (χ1) is 12.1. The minimum atomic E-state index is -0.435. The Bertz CT molecular complexity index is 874. The van der Waals surface area contributed by atoms with Gasteiger partial charge in [-0.05, 0) is 37.3 Å².